The molecule has 0 bridgehead atoms. The van der Waals surface area contributed by atoms with E-state index in [1.165, 1.54) is 38.5 Å². The topological polar surface area (TPSA) is 61.8 Å². The lowest BCUT2D eigenvalue weighted by Gasteiger charge is -2.10. The summed E-state index contributed by atoms with van der Waals surface area (Å²) in [7, 11) is 0. The maximum atomic E-state index is 13.5. The van der Waals surface area contributed by atoms with Crippen molar-refractivity contribution >= 4 is 11.9 Å². The van der Waals surface area contributed by atoms with Crippen LogP contribution in [-0.2, 0) is 19.1 Å². The molecule has 0 spiro atoms. The number of carbonyl (C=O) groups is 2. The molecule has 1 rings (SSSR count). The van der Waals surface area contributed by atoms with Crippen molar-refractivity contribution in [1.29, 1.82) is 0 Å². The number of esters is 2. The van der Waals surface area contributed by atoms with E-state index in [1.54, 1.807) is 0 Å². The van der Waals surface area contributed by atoms with Crippen LogP contribution in [0.4, 0.5) is 22.0 Å². The highest BCUT2D eigenvalue weighted by Crippen LogP contribution is 2.29. The molecule has 1 aromatic carbocycles. The summed E-state index contributed by atoms with van der Waals surface area (Å²) in [4.78, 5) is 23.3. The van der Waals surface area contributed by atoms with Gasteiger partial charge in [0.2, 0.25) is 29.1 Å². The zero-order chi connectivity index (χ0) is 25.3. The smallest absolute Gasteiger partial charge is 0.305 e. The average molecular weight is 497 g/mol. The van der Waals surface area contributed by atoms with Gasteiger partial charge in [0.1, 0.15) is 13.2 Å². The average Bonchev–Trinajstić information content (AvgIpc) is 2.82. The summed E-state index contributed by atoms with van der Waals surface area (Å²) < 4.78 is 80.4. The van der Waals surface area contributed by atoms with E-state index in [0.29, 0.717) is 6.61 Å². The Morgan fingerprint density at radius 1 is 0.559 bits per heavy atom. The summed E-state index contributed by atoms with van der Waals surface area (Å²) in [5, 5.41) is 0. The summed E-state index contributed by atoms with van der Waals surface area (Å²) >= 11 is 0. The van der Waals surface area contributed by atoms with E-state index in [-0.39, 0.29) is 19.3 Å². The van der Waals surface area contributed by atoms with Crippen molar-refractivity contribution < 1.29 is 45.8 Å². The molecule has 34 heavy (non-hydrogen) atoms. The molecular formula is C24H33F5O5. The van der Waals surface area contributed by atoms with Crippen LogP contribution in [0.2, 0.25) is 0 Å². The summed E-state index contributed by atoms with van der Waals surface area (Å²) in [5.74, 6) is -13.3. The van der Waals surface area contributed by atoms with Crippen LogP contribution in [0, 0.1) is 29.1 Å². The van der Waals surface area contributed by atoms with E-state index in [2.05, 4.69) is 11.7 Å². The highest BCUT2D eigenvalue weighted by Gasteiger charge is 2.27. The molecule has 0 radical (unpaired) electrons. The van der Waals surface area contributed by atoms with E-state index in [4.69, 9.17) is 9.47 Å². The second kappa shape index (κ2) is 17.1. The third-order valence-corrected chi connectivity index (χ3v) is 5.04. The lowest BCUT2D eigenvalue weighted by molar-refractivity contribution is -0.146. The number of ether oxygens (including phenoxy) is 3. The van der Waals surface area contributed by atoms with E-state index in [0.717, 1.165) is 19.3 Å². The zero-order valence-electron chi connectivity index (χ0n) is 19.5. The van der Waals surface area contributed by atoms with Gasteiger partial charge in [-0.05, 0) is 12.8 Å². The van der Waals surface area contributed by atoms with Crippen molar-refractivity contribution in [2.45, 2.75) is 84.0 Å². The molecule has 0 saturated carbocycles. The Morgan fingerprint density at radius 3 is 1.53 bits per heavy atom. The monoisotopic (exact) mass is 496 g/mol. The van der Waals surface area contributed by atoms with E-state index in [1.807, 2.05) is 0 Å². The van der Waals surface area contributed by atoms with E-state index < -0.39 is 60.0 Å². The first-order valence-corrected chi connectivity index (χ1v) is 11.7. The number of halogens is 5. The Balaban J connectivity index is 2.07. The highest BCUT2D eigenvalue weighted by molar-refractivity contribution is 5.72. The molecule has 0 aliphatic carbocycles. The van der Waals surface area contributed by atoms with Gasteiger partial charge < -0.3 is 14.2 Å². The van der Waals surface area contributed by atoms with Crippen molar-refractivity contribution in [2.75, 3.05) is 19.8 Å². The van der Waals surface area contributed by atoms with Gasteiger partial charge in [0, 0.05) is 12.8 Å². The third-order valence-electron chi connectivity index (χ3n) is 5.04. The SMILES string of the molecule is CCCCCCCCCCCOC(=O)CCCC(=O)OCCOc1c(F)c(F)c(F)c(F)c1F. The van der Waals surface area contributed by atoms with Crippen molar-refractivity contribution in [3.05, 3.63) is 29.1 Å². The summed E-state index contributed by atoms with van der Waals surface area (Å²) in [6.07, 6.45) is 10.5. The predicted octanol–water partition coefficient (Wildman–Crippen LogP) is 6.55. The molecule has 1 aromatic rings. The van der Waals surface area contributed by atoms with Crippen molar-refractivity contribution in [3.8, 4) is 5.75 Å². The molecule has 194 valence electrons. The Kier molecular flexibility index (Phi) is 14.9. The quantitative estimate of drug-likeness (QED) is 0.0759. The molecule has 0 amide bonds. The van der Waals surface area contributed by atoms with Gasteiger partial charge in [-0.2, -0.15) is 8.78 Å². The van der Waals surface area contributed by atoms with Crippen LogP contribution in [-0.4, -0.2) is 31.8 Å². The van der Waals surface area contributed by atoms with Crippen LogP contribution < -0.4 is 4.74 Å². The van der Waals surface area contributed by atoms with Gasteiger partial charge in [-0.3, -0.25) is 9.59 Å². The molecule has 0 unspecified atom stereocenters. The van der Waals surface area contributed by atoms with Gasteiger partial charge in [0.25, 0.3) is 0 Å². The van der Waals surface area contributed by atoms with E-state index >= 15 is 0 Å². The van der Waals surface area contributed by atoms with Gasteiger partial charge in [-0.25, -0.2) is 13.2 Å². The lowest BCUT2D eigenvalue weighted by atomic mass is 10.1. The van der Waals surface area contributed by atoms with Crippen molar-refractivity contribution in [1.82, 2.24) is 0 Å². The first kappa shape index (κ1) is 29.6. The standard InChI is InChI=1S/C24H33F5O5/c1-2-3-4-5-6-7-8-9-10-14-32-17(30)12-11-13-18(31)33-15-16-34-24-22(28)20(26)19(25)21(27)23(24)29/h2-16H2,1H3. The fourth-order valence-corrected chi connectivity index (χ4v) is 3.13. The minimum absolute atomic E-state index is 0.0353. The van der Waals surface area contributed by atoms with Gasteiger partial charge in [-0.15, -0.1) is 0 Å². The molecule has 10 heteroatoms. The maximum Gasteiger partial charge on any atom is 0.305 e. The number of hydrogen-bond donors (Lipinski definition) is 0. The molecule has 0 aromatic heterocycles. The molecule has 0 aliphatic heterocycles. The molecule has 0 aliphatic rings. The van der Waals surface area contributed by atoms with Gasteiger partial charge in [0.05, 0.1) is 6.61 Å². The third kappa shape index (κ3) is 11.2. The molecule has 0 fully saturated rings. The minimum atomic E-state index is -2.29. The number of unbranched alkanes of at least 4 members (excludes halogenated alkanes) is 8. The van der Waals surface area contributed by atoms with Crippen LogP contribution in [0.5, 0.6) is 5.75 Å². The largest absolute Gasteiger partial charge is 0.484 e. The first-order chi connectivity index (χ1) is 16.3. The number of rotatable bonds is 18. The van der Waals surface area contributed by atoms with Crippen LogP contribution in [0.25, 0.3) is 0 Å². The molecule has 5 nitrogen and oxygen atoms in total. The molecule has 0 N–H and O–H groups in total. The number of benzene rings is 1. The molecular weight excluding hydrogens is 463 g/mol. The maximum absolute atomic E-state index is 13.5. The van der Waals surface area contributed by atoms with Crippen molar-refractivity contribution in [3.63, 3.8) is 0 Å². The first-order valence-electron chi connectivity index (χ1n) is 11.7. The summed E-state index contributed by atoms with van der Waals surface area (Å²) in [6.45, 7) is 1.44. The summed E-state index contributed by atoms with van der Waals surface area (Å²) in [6, 6.07) is 0. The fourth-order valence-electron chi connectivity index (χ4n) is 3.13. The summed E-state index contributed by atoms with van der Waals surface area (Å²) in [5.41, 5.74) is 0. The predicted molar refractivity (Wildman–Crippen MR) is 115 cm³/mol. The van der Waals surface area contributed by atoms with Crippen LogP contribution in [0.1, 0.15) is 84.0 Å². The Bertz CT molecular complexity index is 744. The Labute approximate surface area is 196 Å². The Morgan fingerprint density at radius 2 is 1.00 bits per heavy atom. The van der Waals surface area contributed by atoms with Crippen LogP contribution in [0.3, 0.4) is 0 Å². The highest BCUT2D eigenvalue weighted by atomic mass is 19.2. The van der Waals surface area contributed by atoms with Gasteiger partial charge in [0.15, 0.2) is 5.75 Å². The fraction of sp³-hybridized carbons (Fsp3) is 0.667. The molecule has 0 atom stereocenters. The second-order valence-electron chi connectivity index (χ2n) is 7.87. The lowest BCUT2D eigenvalue weighted by Crippen LogP contribution is -2.15. The molecule has 0 heterocycles. The van der Waals surface area contributed by atoms with Crippen molar-refractivity contribution in [2.24, 2.45) is 0 Å². The van der Waals surface area contributed by atoms with Gasteiger partial charge in [-0.1, -0.05) is 58.3 Å². The second-order valence-corrected chi connectivity index (χ2v) is 7.87. The minimum Gasteiger partial charge on any atom is -0.484 e. The zero-order valence-corrected chi connectivity index (χ0v) is 19.5. The van der Waals surface area contributed by atoms with E-state index in [9.17, 15) is 31.5 Å². The normalized spacial score (nSPS) is 10.9. The van der Waals surface area contributed by atoms with Crippen LogP contribution in [0.15, 0.2) is 0 Å². The Hall–Kier alpha value is -2.39. The number of carbonyl (C=O) groups excluding carboxylic acids is 2. The number of hydrogen-bond acceptors (Lipinski definition) is 5. The van der Waals surface area contributed by atoms with Gasteiger partial charge >= 0.3 is 11.9 Å². The molecule has 0 saturated heterocycles. The van der Waals surface area contributed by atoms with Crippen LogP contribution >= 0.6 is 0 Å².